The van der Waals surface area contributed by atoms with Crippen LogP contribution in [0.5, 0.6) is 0 Å². The molecular formula is C14H24N4O. The molecule has 2 rings (SSSR count). The molecule has 1 unspecified atom stereocenters. The van der Waals surface area contributed by atoms with E-state index in [4.69, 9.17) is 0 Å². The number of rotatable bonds is 4. The van der Waals surface area contributed by atoms with Gasteiger partial charge in [0, 0.05) is 31.4 Å². The molecule has 1 aliphatic rings. The average molecular weight is 264 g/mol. The maximum absolute atomic E-state index is 10.7. The Morgan fingerprint density at radius 3 is 2.89 bits per heavy atom. The van der Waals surface area contributed by atoms with Crippen LogP contribution in [0.2, 0.25) is 0 Å². The second-order valence-electron chi connectivity index (χ2n) is 5.71. The molecule has 2 heterocycles. The van der Waals surface area contributed by atoms with Gasteiger partial charge in [0.05, 0.1) is 5.60 Å². The van der Waals surface area contributed by atoms with Gasteiger partial charge < -0.3 is 14.9 Å². The molecule has 0 radical (unpaired) electrons. The van der Waals surface area contributed by atoms with Gasteiger partial charge in [-0.25, -0.2) is 9.97 Å². The smallest absolute Gasteiger partial charge is 0.132 e. The summed E-state index contributed by atoms with van der Waals surface area (Å²) in [5, 5.41) is 10.7. The van der Waals surface area contributed by atoms with Crippen molar-refractivity contribution in [2.45, 2.75) is 31.8 Å². The summed E-state index contributed by atoms with van der Waals surface area (Å²) in [7, 11) is 3.99. The highest BCUT2D eigenvalue weighted by Crippen LogP contribution is 2.25. The largest absolute Gasteiger partial charge is 0.387 e. The van der Waals surface area contributed by atoms with E-state index in [0.717, 1.165) is 37.3 Å². The summed E-state index contributed by atoms with van der Waals surface area (Å²) in [6.45, 7) is 4.38. The number of nitrogens with zero attached hydrogens (tertiary/aromatic N) is 4. The van der Waals surface area contributed by atoms with E-state index >= 15 is 0 Å². The van der Waals surface area contributed by atoms with Crippen LogP contribution >= 0.6 is 0 Å². The van der Waals surface area contributed by atoms with Crippen LogP contribution in [0, 0.1) is 0 Å². The van der Waals surface area contributed by atoms with Crippen molar-refractivity contribution in [3.05, 3.63) is 18.1 Å². The number of β-amino-alcohol motifs (C(OH)–C–C–N with tert-alkyl or cyclic N) is 1. The second kappa shape index (κ2) is 5.84. The molecule has 1 saturated heterocycles. The Bertz CT molecular complexity index is 424. The maximum Gasteiger partial charge on any atom is 0.132 e. The number of aryl methyl sites for hydroxylation is 1. The van der Waals surface area contributed by atoms with Crippen molar-refractivity contribution in [1.29, 1.82) is 0 Å². The maximum atomic E-state index is 10.7. The number of hydrogen-bond donors (Lipinski definition) is 1. The molecule has 5 heteroatoms. The van der Waals surface area contributed by atoms with Crippen molar-refractivity contribution in [2.75, 3.05) is 38.6 Å². The molecule has 5 nitrogen and oxygen atoms in total. The highest BCUT2D eigenvalue weighted by Gasteiger charge is 2.34. The summed E-state index contributed by atoms with van der Waals surface area (Å²) in [5.74, 6) is 0.934. The second-order valence-corrected chi connectivity index (χ2v) is 5.71. The minimum Gasteiger partial charge on any atom is -0.387 e. The van der Waals surface area contributed by atoms with E-state index in [9.17, 15) is 5.11 Å². The molecule has 1 N–H and O–H groups in total. The van der Waals surface area contributed by atoms with Crippen LogP contribution in [0.15, 0.2) is 12.4 Å². The third-order valence-corrected chi connectivity index (χ3v) is 3.56. The van der Waals surface area contributed by atoms with Crippen LogP contribution in [0.25, 0.3) is 0 Å². The van der Waals surface area contributed by atoms with Crippen molar-refractivity contribution in [3.63, 3.8) is 0 Å². The lowest BCUT2D eigenvalue weighted by atomic mass is 9.92. The minimum atomic E-state index is -0.640. The predicted octanol–water partition coefficient (Wildman–Crippen LogP) is 0.932. The molecular weight excluding hydrogens is 240 g/mol. The normalized spacial score (nSPS) is 23.9. The first-order chi connectivity index (χ1) is 9.02. The van der Waals surface area contributed by atoms with E-state index in [1.54, 1.807) is 6.33 Å². The Morgan fingerprint density at radius 2 is 2.21 bits per heavy atom. The van der Waals surface area contributed by atoms with E-state index in [1.807, 2.05) is 25.1 Å². The number of anilines is 1. The average Bonchev–Trinajstić information content (AvgIpc) is 2.37. The summed E-state index contributed by atoms with van der Waals surface area (Å²) < 4.78 is 0. The van der Waals surface area contributed by atoms with Crippen LogP contribution in [0.1, 0.15) is 25.5 Å². The molecule has 0 amide bonds. The van der Waals surface area contributed by atoms with Gasteiger partial charge in [0.2, 0.25) is 0 Å². The van der Waals surface area contributed by atoms with Crippen molar-refractivity contribution in [2.24, 2.45) is 0 Å². The molecule has 1 aromatic rings. The van der Waals surface area contributed by atoms with E-state index in [-0.39, 0.29) is 0 Å². The van der Waals surface area contributed by atoms with E-state index in [0.29, 0.717) is 13.1 Å². The number of aromatic nitrogens is 2. The Balaban J connectivity index is 2.12. The van der Waals surface area contributed by atoms with Crippen molar-refractivity contribution >= 4 is 5.82 Å². The number of aliphatic hydroxyl groups is 1. The van der Waals surface area contributed by atoms with Crippen molar-refractivity contribution in [3.8, 4) is 0 Å². The lowest BCUT2D eigenvalue weighted by Crippen LogP contribution is -2.53. The zero-order chi connectivity index (χ0) is 13.9. The number of piperidine rings is 1. The molecule has 1 aliphatic heterocycles. The first-order valence-corrected chi connectivity index (χ1v) is 6.95. The Hall–Kier alpha value is -1.20. The molecule has 0 saturated carbocycles. The molecule has 0 bridgehead atoms. The van der Waals surface area contributed by atoms with Gasteiger partial charge in [0.25, 0.3) is 0 Å². The van der Waals surface area contributed by atoms with Crippen LogP contribution < -0.4 is 4.90 Å². The standard InChI is InChI=1S/C14H24N4O/c1-4-12-8-13(16-11-15-12)18-7-5-6-14(19,10-18)9-17(2)3/h8,11,19H,4-7,9-10H2,1-3H3. The lowest BCUT2D eigenvalue weighted by molar-refractivity contribution is 0.00351. The van der Waals surface area contributed by atoms with Gasteiger partial charge in [-0.3, -0.25) is 0 Å². The van der Waals surface area contributed by atoms with Gasteiger partial charge in [-0.1, -0.05) is 6.92 Å². The molecule has 0 aromatic carbocycles. The first-order valence-electron chi connectivity index (χ1n) is 6.95. The third kappa shape index (κ3) is 3.64. The van der Waals surface area contributed by atoms with Gasteiger partial charge in [-0.15, -0.1) is 0 Å². The highest BCUT2D eigenvalue weighted by atomic mass is 16.3. The van der Waals surface area contributed by atoms with E-state index < -0.39 is 5.60 Å². The Labute approximate surface area is 115 Å². The fourth-order valence-corrected chi connectivity index (χ4v) is 2.78. The van der Waals surface area contributed by atoms with Crippen LogP contribution in [-0.4, -0.2) is 59.3 Å². The summed E-state index contributed by atoms with van der Waals surface area (Å²) >= 11 is 0. The van der Waals surface area contributed by atoms with Crippen LogP contribution in [0.4, 0.5) is 5.82 Å². The zero-order valence-corrected chi connectivity index (χ0v) is 12.1. The molecule has 1 fully saturated rings. The topological polar surface area (TPSA) is 52.5 Å². The van der Waals surface area contributed by atoms with E-state index in [1.165, 1.54) is 0 Å². The molecule has 19 heavy (non-hydrogen) atoms. The monoisotopic (exact) mass is 264 g/mol. The Morgan fingerprint density at radius 1 is 1.42 bits per heavy atom. The molecule has 0 aliphatic carbocycles. The molecule has 1 aromatic heterocycles. The van der Waals surface area contributed by atoms with Gasteiger partial charge in [-0.2, -0.15) is 0 Å². The van der Waals surface area contributed by atoms with Gasteiger partial charge >= 0.3 is 0 Å². The summed E-state index contributed by atoms with van der Waals surface area (Å²) in [6.07, 6.45) is 4.38. The third-order valence-electron chi connectivity index (χ3n) is 3.56. The molecule has 106 valence electrons. The minimum absolute atomic E-state index is 0.640. The van der Waals surface area contributed by atoms with Crippen LogP contribution in [-0.2, 0) is 6.42 Å². The zero-order valence-electron chi connectivity index (χ0n) is 12.1. The Kier molecular flexibility index (Phi) is 4.37. The molecule has 0 spiro atoms. The first kappa shape index (κ1) is 14.2. The van der Waals surface area contributed by atoms with Gasteiger partial charge in [0.15, 0.2) is 0 Å². The highest BCUT2D eigenvalue weighted by molar-refractivity contribution is 5.40. The fraction of sp³-hybridized carbons (Fsp3) is 0.714. The SMILES string of the molecule is CCc1cc(N2CCCC(O)(CN(C)C)C2)ncn1. The summed E-state index contributed by atoms with van der Waals surface area (Å²) in [5.41, 5.74) is 0.408. The number of hydrogen-bond acceptors (Lipinski definition) is 5. The van der Waals surface area contributed by atoms with Gasteiger partial charge in [0.1, 0.15) is 12.1 Å². The van der Waals surface area contributed by atoms with Crippen molar-refractivity contribution in [1.82, 2.24) is 14.9 Å². The fourth-order valence-electron chi connectivity index (χ4n) is 2.78. The van der Waals surface area contributed by atoms with Crippen molar-refractivity contribution < 1.29 is 5.11 Å². The quantitative estimate of drug-likeness (QED) is 0.877. The van der Waals surface area contributed by atoms with E-state index in [2.05, 4.69) is 21.8 Å². The number of likely N-dealkylation sites (N-methyl/N-ethyl adjacent to an activating group) is 1. The predicted molar refractivity (Wildman–Crippen MR) is 76.4 cm³/mol. The van der Waals surface area contributed by atoms with Gasteiger partial charge in [-0.05, 0) is 33.4 Å². The summed E-state index contributed by atoms with van der Waals surface area (Å²) in [6, 6.07) is 2.03. The molecule has 1 atom stereocenters. The van der Waals surface area contributed by atoms with Crippen LogP contribution in [0.3, 0.4) is 0 Å². The summed E-state index contributed by atoms with van der Waals surface area (Å²) in [4.78, 5) is 12.8. The lowest BCUT2D eigenvalue weighted by Gasteiger charge is -2.41.